The van der Waals surface area contributed by atoms with Gasteiger partial charge in [-0.2, -0.15) is 0 Å². The van der Waals surface area contributed by atoms with Crippen molar-refractivity contribution in [1.29, 1.82) is 0 Å². The van der Waals surface area contributed by atoms with Crippen LogP contribution in [-0.2, 0) is 10.0 Å². The second-order valence-corrected chi connectivity index (χ2v) is 7.01. The summed E-state index contributed by atoms with van der Waals surface area (Å²) in [5.41, 5.74) is -0.264. The Morgan fingerprint density at radius 2 is 1.80 bits per heavy atom. The Balaban J connectivity index is 2.23. The van der Waals surface area contributed by atoms with E-state index in [1.165, 1.54) is 31.2 Å². The number of aliphatic hydroxyl groups excluding tert-OH is 1. The van der Waals surface area contributed by atoms with Crippen LogP contribution in [-0.4, -0.2) is 31.5 Å². The molecule has 2 rings (SSSR count). The predicted molar refractivity (Wildman–Crippen MR) is 75.1 cm³/mol. The minimum atomic E-state index is -3.68. The van der Waals surface area contributed by atoms with Crippen molar-refractivity contribution in [3.8, 4) is 0 Å². The summed E-state index contributed by atoms with van der Waals surface area (Å²) in [6.07, 6.45) is 3.11. The molecular formula is C14H19NO4S. The van der Waals surface area contributed by atoms with Gasteiger partial charge in [0.1, 0.15) is 0 Å². The number of ketones is 1. The Labute approximate surface area is 119 Å². The summed E-state index contributed by atoms with van der Waals surface area (Å²) in [5, 5.41) is 9.47. The molecule has 1 fully saturated rings. The summed E-state index contributed by atoms with van der Waals surface area (Å²) in [6, 6.07) is 5.83. The SMILES string of the molecule is CC(=O)c1ccc(S(=O)(=O)NC2(CO)CCCC2)cc1. The molecule has 2 N–H and O–H groups in total. The van der Waals surface area contributed by atoms with E-state index in [1.54, 1.807) is 0 Å². The van der Waals surface area contributed by atoms with Gasteiger partial charge in [0.05, 0.1) is 17.0 Å². The number of carbonyl (C=O) groups excluding carboxylic acids is 1. The summed E-state index contributed by atoms with van der Waals surface area (Å²) in [6.45, 7) is 1.23. The smallest absolute Gasteiger partial charge is 0.241 e. The molecule has 1 saturated carbocycles. The summed E-state index contributed by atoms with van der Waals surface area (Å²) >= 11 is 0. The van der Waals surface area contributed by atoms with E-state index in [0.29, 0.717) is 18.4 Å². The molecule has 0 unspecified atom stereocenters. The van der Waals surface area contributed by atoms with Crippen molar-refractivity contribution in [3.63, 3.8) is 0 Å². The molecule has 0 aliphatic heterocycles. The molecule has 1 aliphatic rings. The summed E-state index contributed by atoms with van der Waals surface area (Å²) < 4.78 is 27.3. The zero-order valence-electron chi connectivity index (χ0n) is 11.4. The molecule has 0 amide bonds. The first-order valence-corrected chi connectivity index (χ1v) is 8.13. The highest BCUT2D eigenvalue weighted by molar-refractivity contribution is 7.89. The molecule has 1 aromatic rings. The highest BCUT2D eigenvalue weighted by atomic mass is 32.2. The lowest BCUT2D eigenvalue weighted by Gasteiger charge is -2.27. The third-order valence-corrected chi connectivity index (χ3v) is 5.38. The Bertz CT molecular complexity index is 586. The van der Waals surface area contributed by atoms with Gasteiger partial charge >= 0.3 is 0 Å². The maximum Gasteiger partial charge on any atom is 0.241 e. The van der Waals surface area contributed by atoms with Crippen LogP contribution in [0, 0.1) is 0 Å². The van der Waals surface area contributed by atoms with Gasteiger partial charge in [0, 0.05) is 5.56 Å². The normalized spacial score (nSPS) is 18.1. The standard InChI is InChI=1S/C14H19NO4S/c1-11(17)12-4-6-13(7-5-12)20(18,19)15-14(10-16)8-2-3-9-14/h4-7,15-16H,2-3,8-10H2,1H3. The fourth-order valence-corrected chi connectivity index (χ4v) is 4.01. The van der Waals surface area contributed by atoms with Crippen LogP contribution in [0.1, 0.15) is 43.0 Å². The van der Waals surface area contributed by atoms with Crippen molar-refractivity contribution >= 4 is 15.8 Å². The van der Waals surface area contributed by atoms with Crippen molar-refractivity contribution in [2.24, 2.45) is 0 Å². The number of rotatable bonds is 5. The first-order chi connectivity index (χ1) is 9.38. The maximum absolute atomic E-state index is 12.3. The number of benzene rings is 1. The molecule has 0 atom stereocenters. The third kappa shape index (κ3) is 3.08. The number of aliphatic hydroxyl groups is 1. The molecule has 0 aromatic heterocycles. The zero-order valence-corrected chi connectivity index (χ0v) is 12.2. The maximum atomic E-state index is 12.3. The summed E-state index contributed by atoms with van der Waals surface area (Å²) in [7, 11) is -3.68. The molecule has 6 heteroatoms. The lowest BCUT2D eigenvalue weighted by molar-refractivity contribution is 0.101. The molecule has 1 aromatic carbocycles. The summed E-state index contributed by atoms with van der Waals surface area (Å²) in [4.78, 5) is 11.3. The first-order valence-electron chi connectivity index (χ1n) is 6.64. The van der Waals surface area contributed by atoms with Crippen LogP contribution < -0.4 is 4.72 Å². The second-order valence-electron chi connectivity index (χ2n) is 5.33. The molecule has 1 aliphatic carbocycles. The molecule has 0 radical (unpaired) electrons. The second kappa shape index (κ2) is 5.63. The molecular weight excluding hydrogens is 278 g/mol. The van der Waals surface area contributed by atoms with E-state index in [4.69, 9.17) is 0 Å². The minimum absolute atomic E-state index is 0.107. The zero-order chi connectivity index (χ0) is 14.8. The van der Waals surface area contributed by atoms with Gasteiger partial charge < -0.3 is 5.11 Å². The van der Waals surface area contributed by atoms with Crippen molar-refractivity contribution in [3.05, 3.63) is 29.8 Å². The largest absolute Gasteiger partial charge is 0.394 e. The van der Waals surface area contributed by atoms with Crippen LogP contribution in [0.15, 0.2) is 29.2 Å². The van der Waals surface area contributed by atoms with Crippen LogP contribution >= 0.6 is 0 Å². The average Bonchev–Trinajstić information content (AvgIpc) is 2.87. The molecule has 110 valence electrons. The molecule has 5 nitrogen and oxygen atoms in total. The highest BCUT2D eigenvalue weighted by Crippen LogP contribution is 2.30. The number of hydrogen-bond acceptors (Lipinski definition) is 4. The van der Waals surface area contributed by atoms with E-state index in [9.17, 15) is 18.3 Å². The Hall–Kier alpha value is -1.24. The van der Waals surface area contributed by atoms with Crippen LogP contribution in [0.25, 0.3) is 0 Å². The lowest BCUT2D eigenvalue weighted by atomic mass is 10.0. The van der Waals surface area contributed by atoms with Gasteiger partial charge in [0.15, 0.2) is 5.78 Å². The molecule has 0 saturated heterocycles. The topological polar surface area (TPSA) is 83.5 Å². The van der Waals surface area contributed by atoms with E-state index >= 15 is 0 Å². The van der Waals surface area contributed by atoms with Gasteiger partial charge in [0.2, 0.25) is 10.0 Å². The Morgan fingerprint density at radius 3 is 2.25 bits per heavy atom. The van der Waals surface area contributed by atoms with Crippen molar-refractivity contribution in [2.75, 3.05) is 6.61 Å². The van der Waals surface area contributed by atoms with Crippen LogP contribution in [0.4, 0.5) is 0 Å². The number of Topliss-reactive ketones (excluding diaryl/α,β-unsaturated/α-hetero) is 1. The monoisotopic (exact) mass is 297 g/mol. The van der Waals surface area contributed by atoms with Gasteiger partial charge in [-0.1, -0.05) is 25.0 Å². The number of carbonyl (C=O) groups is 1. The van der Waals surface area contributed by atoms with Crippen molar-refractivity contribution < 1.29 is 18.3 Å². The van der Waals surface area contributed by atoms with E-state index < -0.39 is 15.6 Å². The number of hydrogen-bond donors (Lipinski definition) is 2. The van der Waals surface area contributed by atoms with Crippen molar-refractivity contribution in [2.45, 2.75) is 43.0 Å². The molecule has 0 heterocycles. The fourth-order valence-electron chi connectivity index (χ4n) is 2.56. The predicted octanol–water partition coefficient (Wildman–Crippen LogP) is 1.47. The van der Waals surface area contributed by atoms with E-state index in [-0.39, 0.29) is 17.3 Å². The van der Waals surface area contributed by atoms with Gasteiger partial charge in [-0.3, -0.25) is 4.79 Å². The van der Waals surface area contributed by atoms with E-state index in [2.05, 4.69) is 4.72 Å². The van der Waals surface area contributed by atoms with Gasteiger partial charge in [0.25, 0.3) is 0 Å². The van der Waals surface area contributed by atoms with Gasteiger partial charge in [-0.05, 0) is 31.9 Å². The molecule has 0 bridgehead atoms. The first kappa shape index (κ1) is 15.2. The summed E-state index contributed by atoms with van der Waals surface area (Å²) in [5.74, 6) is -0.107. The van der Waals surface area contributed by atoms with Crippen molar-refractivity contribution in [1.82, 2.24) is 4.72 Å². The van der Waals surface area contributed by atoms with Crippen LogP contribution in [0.3, 0.4) is 0 Å². The molecule has 0 spiro atoms. The Kier molecular flexibility index (Phi) is 4.27. The minimum Gasteiger partial charge on any atom is -0.394 e. The van der Waals surface area contributed by atoms with E-state index in [0.717, 1.165) is 12.8 Å². The fraction of sp³-hybridized carbons (Fsp3) is 0.500. The molecule has 20 heavy (non-hydrogen) atoms. The van der Waals surface area contributed by atoms with Crippen LogP contribution in [0.2, 0.25) is 0 Å². The highest BCUT2D eigenvalue weighted by Gasteiger charge is 2.37. The average molecular weight is 297 g/mol. The van der Waals surface area contributed by atoms with Gasteiger partial charge in [-0.15, -0.1) is 0 Å². The quantitative estimate of drug-likeness (QED) is 0.806. The van der Waals surface area contributed by atoms with E-state index in [1.807, 2.05) is 0 Å². The third-order valence-electron chi connectivity index (χ3n) is 3.79. The lowest BCUT2D eigenvalue weighted by Crippen LogP contribution is -2.49. The number of sulfonamides is 1. The van der Waals surface area contributed by atoms with Crippen LogP contribution in [0.5, 0.6) is 0 Å². The Morgan fingerprint density at radius 1 is 1.25 bits per heavy atom. The number of nitrogens with one attached hydrogen (secondary N) is 1. The van der Waals surface area contributed by atoms with Gasteiger partial charge in [-0.25, -0.2) is 13.1 Å².